The van der Waals surface area contributed by atoms with Crippen molar-refractivity contribution in [1.29, 1.82) is 0 Å². The van der Waals surface area contributed by atoms with E-state index in [9.17, 15) is 9.59 Å². The molecule has 0 aliphatic rings. The predicted octanol–water partition coefficient (Wildman–Crippen LogP) is 3.21. The van der Waals surface area contributed by atoms with Gasteiger partial charge in [-0.15, -0.1) is 0 Å². The zero-order valence-corrected chi connectivity index (χ0v) is 12.8. The number of aliphatic carboxylic acids is 1. The van der Waals surface area contributed by atoms with Gasteiger partial charge in [0.05, 0.1) is 6.42 Å². The molecular weight excluding hydrogens is 242 g/mol. The van der Waals surface area contributed by atoms with Crippen LogP contribution in [0.3, 0.4) is 0 Å². The van der Waals surface area contributed by atoms with E-state index in [1.807, 2.05) is 13.8 Å². The molecular formula is C15H29NO3. The minimum atomic E-state index is -0.854. The summed E-state index contributed by atoms with van der Waals surface area (Å²) in [6.45, 7) is 8.64. The van der Waals surface area contributed by atoms with E-state index < -0.39 is 11.4 Å². The number of rotatable bonds is 10. The quantitative estimate of drug-likeness (QED) is 0.641. The van der Waals surface area contributed by atoms with Crippen molar-refractivity contribution < 1.29 is 14.7 Å². The molecule has 112 valence electrons. The summed E-state index contributed by atoms with van der Waals surface area (Å²) in [7, 11) is 0. The van der Waals surface area contributed by atoms with Gasteiger partial charge in [0.1, 0.15) is 0 Å². The fourth-order valence-electron chi connectivity index (χ4n) is 2.17. The van der Waals surface area contributed by atoms with Gasteiger partial charge in [0.2, 0.25) is 5.91 Å². The Kier molecular flexibility index (Phi) is 8.44. The first-order valence-electron chi connectivity index (χ1n) is 7.29. The predicted molar refractivity (Wildman–Crippen MR) is 77.0 cm³/mol. The molecule has 1 amide bonds. The lowest BCUT2D eigenvalue weighted by Crippen LogP contribution is -2.33. The van der Waals surface area contributed by atoms with E-state index in [2.05, 4.69) is 19.2 Å². The molecule has 0 saturated carbocycles. The summed E-state index contributed by atoms with van der Waals surface area (Å²) in [4.78, 5) is 22.5. The summed E-state index contributed by atoms with van der Waals surface area (Å²) in [5.41, 5.74) is -0.485. The molecule has 0 heterocycles. The van der Waals surface area contributed by atoms with Crippen molar-refractivity contribution in [2.45, 2.75) is 66.2 Å². The molecule has 4 nitrogen and oxygen atoms in total. The van der Waals surface area contributed by atoms with Gasteiger partial charge < -0.3 is 10.4 Å². The van der Waals surface area contributed by atoms with Crippen LogP contribution >= 0.6 is 0 Å². The van der Waals surface area contributed by atoms with Crippen LogP contribution in [-0.4, -0.2) is 23.5 Å². The van der Waals surface area contributed by atoms with Crippen molar-refractivity contribution in [1.82, 2.24) is 5.32 Å². The van der Waals surface area contributed by atoms with Crippen LogP contribution in [0.4, 0.5) is 0 Å². The van der Waals surface area contributed by atoms with Gasteiger partial charge in [-0.05, 0) is 17.8 Å². The molecule has 0 aromatic heterocycles. The van der Waals surface area contributed by atoms with E-state index in [0.717, 1.165) is 12.8 Å². The van der Waals surface area contributed by atoms with E-state index in [1.165, 1.54) is 12.8 Å². The Morgan fingerprint density at radius 1 is 1.21 bits per heavy atom. The molecule has 0 aromatic carbocycles. The number of carbonyl (C=O) groups excluding carboxylic acids is 1. The second-order valence-corrected chi connectivity index (χ2v) is 6.13. The highest BCUT2D eigenvalue weighted by atomic mass is 16.4. The Morgan fingerprint density at radius 3 is 2.32 bits per heavy atom. The SMILES string of the molecule is CCCCC(CC)CNC(=O)CC(C)(C)CC(=O)O. The second-order valence-electron chi connectivity index (χ2n) is 6.13. The Hall–Kier alpha value is -1.06. The summed E-state index contributed by atoms with van der Waals surface area (Å²) in [6, 6.07) is 0. The fourth-order valence-corrected chi connectivity index (χ4v) is 2.17. The average Bonchev–Trinajstić information content (AvgIpc) is 2.26. The maximum Gasteiger partial charge on any atom is 0.303 e. The van der Waals surface area contributed by atoms with Crippen LogP contribution in [0.1, 0.15) is 66.2 Å². The van der Waals surface area contributed by atoms with Gasteiger partial charge in [0, 0.05) is 13.0 Å². The molecule has 2 N–H and O–H groups in total. The normalized spacial score (nSPS) is 13.1. The van der Waals surface area contributed by atoms with Gasteiger partial charge in [-0.1, -0.05) is 47.0 Å². The van der Waals surface area contributed by atoms with Crippen molar-refractivity contribution >= 4 is 11.9 Å². The molecule has 19 heavy (non-hydrogen) atoms. The largest absolute Gasteiger partial charge is 0.481 e. The van der Waals surface area contributed by atoms with E-state index in [1.54, 1.807) is 0 Å². The van der Waals surface area contributed by atoms with Gasteiger partial charge in [-0.2, -0.15) is 0 Å². The molecule has 4 heteroatoms. The van der Waals surface area contributed by atoms with Gasteiger partial charge in [-0.3, -0.25) is 9.59 Å². The maximum atomic E-state index is 11.8. The summed E-state index contributed by atoms with van der Waals surface area (Å²) < 4.78 is 0. The number of carboxylic acids is 1. The summed E-state index contributed by atoms with van der Waals surface area (Å²) in [5.74, 6) is -0.361. The summed E-state index contributed by atoms with van der Waals surface area (Å²) in [5, 5.41) is 11.7. The van der Waals surface area contributed by atoms with Crippen molar-refractivity contribution in [3.63, 3.8) is 0 Å². The van der Waals surface area contributed by atoms with E-state index in [-0.39, 0.29) is 18.7 Å². The topological polar surface area (TPSA) is 66.4 Å². The van der Waals surface area contributed by atoms with Crippen molar-refractivity contribution in [3.8, 4) is 0 Å². The smallest absolute Gasteiger partial charge is 0.303 e. The van der Waals surface area contributed by atoms with Crippen molar-refractivity contribution in [2.75, 3.05) is 6.54 Å². The van der Waals surface area contributed by atoms with Gasteiger partial charge in [0.25, 0.3) is 0 Å². The third-order valence-electron chi connectivity index (χ3n) is 3.40. The van der Waals surface area contributed by atoms with Crippen molar-refractivity contribution in [2.24, 2.45) is 11.3 Å². The van der Waals surface area contributed by atoms with Crippen LogP contribution in [0.25, 0.3) is 0 Å². The zero-order valence-electron chi connectivity index (χ0n) is 12.8. The first-order chi connectivity index (χ1) is 8.80. The number of nitrogens with one attached hydrogen (secondary N) is 1. The molecule has 0 aliphatic carbocycles. The van der Waals surface area contributed by atoms with Crippen LogP contribution in [0.2, 0.25) is 0 Å². The van der Waals surface area contributed by atoms with Gasteiger partial charge >= 0.3 is 5.97 Å². The Bertz CT molecular complexity index is 287. The monoisotopic (exact) mass is 271 g/mol. The Labute approximate surface area is 117 Å². The van der Waals surface area contributed by atoms with E-state index in [0.29, 0.717) is 12.5 Å². The number of unbranched alkanes of at least 4 members (excludes halogenated alkanes) is 1. The summed E-state index contributed by atoms with van der Waals surface area (Å²) in [6.07, 6.45) is 4.87. The van der Waals surface area contributed by atoms with Crippen LogP contribution in [0, 0.1) is 11.3 Å². The lowest BCUT2D eigenvalue weighted by atomic mass is 9.85. The Morgan fingerprint density at radius 2 is 1.84 bits per heavy atom. The number of carbonyl (C=O) groups is 2. The third-order valence-corrected chi connectivity index (χ3v) is 3.40. The lowest BCUT2D eigenvalue weighted by Gasteiger charge is -2.22. The van der Waals surface area contributed by atoms with E-state index >= 15 is 0 Å². The van der Waals surface area contributed by atoms with Gasteiger partial charge in [-0.25, -0.2) is 0 Å². The average molecular weight is 271 g/mol. The molecule has 1 atom stereocenters. The Balaban J connectivity index is 4.06. The summed E-state index contributed by atoms with van der Waals surface area (Å²) >= 11 is 0. The standard InChI is InChI=1S/C15H29NO3/c1-5-7-8-12(6-2)11-16-13(17)9-15(3,4)10-14(18)19/h12H,5-11H2,1-4H3,(H,16,17)(H,18,19). The van der Waals surface area contributed by atoms with Gasteiger partial charge in [0.15, 0.2) is 0 Å². The first-order valence-corrected chi connectivity index (χ1v) is 7.29. The highest BCUT2D eigenvalue weighted by molar-refractivity contribution is 5.77. The fraction of sp³-hybridized carbons (Fsp3) is 0.867. The van der Waals surface area contributed by atoms with Crippen LogP contribution in [0.15, 0.2) is 0 Å². The number of carboxylic acid groups (broad SMARTS) is 1. The maximum absolute atomic E-state index is 11.8. The highest BCUT2D eigenvalue weighted by Crippen LogP contribution is 2.24. The minimum Gasteiger partial charge on any atom is -0.481 e. The van der Waals surface area contributed by atoms with Crippen molar-refractivity contribution in [3.05, 3.63) is 0 Å². The van der Waals surface area contributed by atoms with Crippen LogP contribution < -0.4 is 5.32 Å². The number of amides is 1. The minimum absolute atomic E-state index is 0.0213. The molecule has 0 saturated heterocycles. The molecule has 0 radical (unpaired) electrons. The first kappa shape index (κ1) is 17.9. The molecule has 0 aliphatic heterocycles. The lowest BCUT2D eigenvalue weighted by molar-refractivity contribution is -0.139. The molecule has 0 spiro atoms. The van der Waals surface area contributed by atoms with Crippen LogP contribution in [-0.2, 0) is 9.59 Å². The number of hydrogen-bond acceptors (Lipinski definition) is 2. The molecule has 0 bridgehead atoms. The van der Waals surface area contributed by atoms with E-state index in [4.69, 9.17) is 5.11 Å². The molecule has 0 fully saturated rings. The zero-order chi connectivity index (χ0) is 14.9. The number of hydrogen-bond donors (Lipinski definition) is 2. The third kappa shape index (κ3) is 9.51. The second kappa shape index (κ2) is 8.94. The highest BCUT2D eigenvalue weighted by Gasteiger charge is 2.25. The molecule has 0 rings (SSSR count). The molecule has 1 unspecified atom stereocenters. The van der Waals surface area contributed by atoms with Crippen LogP contribution in [0.5, 0.6) is 0 Å². The molecule has 0 aromatic rings.